The molecule has 26 heavy (non-hydrogen) atoms. The smallest absolute Gasteiger partial charge is 0.110 e. The van der Waals surface area contributed by atoms with Crippen LogP contribution in [0.3, 0.4) is 0 Å². The Morgan fingerprint density at radius 3 is 2.62 bits per heavy atom. The molecule has 0 aromatic rings. The van der Waals surface area contributed by atoms with Crippen molar-refractivity contribution in [2.24, 2.45) is 40.3 Å². The molecule has 6 atom stereocenters. The lowest BCUT2D eigenvalue weighted by Gasteiger charge is -2.59. The van der Waals surface area contributed by atoms with Gasteiger partial charge in [0, 0.05) is 11.1 Å². The van der Waals surface area contributed by atoms with Crippen molar-refractivity contribution in [1.29, 1.82) is 0 Å². The summed E-state index contributed by atoms with van der Waals surface area (Å²) in [5.41, 5.74) is 7.88. The van der Waals surface area contributed by atoms with Gasteiger partial charge in [0.05, 0.1) is 5.70 Å². The zero-order valence-electron chi connectivity index (χ0n) is 16.1. The van der Waals surface area contributed by atoms with Crippen molar-refractivity contribution in [2.75, 3.05) is 0 Å². The SMILES string of the molecule is C=C(NN)[C@@]1(O)CC[C@H]2[C@H]3CCC4=CC(NN)=CC[C@]4(C)[C@H]3CC[C@]21C. The van der Waals surface area contributed by atoms with E-state index in [0.717, 1.165) is 44.2 Å². The van der Waals surface area contributed by atoms with Crippen molar-refractivity contribution in [3.63, 3.8) is 0 Å². The van der Waals surface area contributed by atoms with Gasteiger partial charge in [-0.05, 0) is 74.2 Å². The zero-order valence-corrected chi connectivity index (χ0v) is 16.1. The van der Waals surface area contributed by atoms with Crippen LogP contribution in [0.4, 0.5) is 0 Å². The molecule has 0 bridgehead atoms. The fourth-order valence-electron chi connectivity index (χ4n) is 7.15. The summed E-state index contributed by atoms with van der Waals surface area (Å²) in [6, 6.07) is 0. The van der Waals surface area contributed by atoms with E-state index in [1.54, 1.807) is 5.57 Å². The van der Waals surface area contributed by atoms with Crippen molar-refractivity contribution in [3.05, 3.63) is 35.7 Å². The van der Waals surface area contributed by atoms with Gasteiger partial charge in [-0.15, -0.1) is 0 Å². The maximum Gasteiger partial charge on any atom is 0.110 e. The van der Waals surface area contributed by atoms with Crippen molar-refractivity contribution >= 4 is 0 Å². The van der Waals surface area contributed by atoms with E-state index in [4.69, 9.17) is 11.7 Å². The van der Waals surface area contributed by atoms with Gasteiger partial charge in [-0.3, -0.25) is 11.7 Å². The molecule has 4 aliphatic rings. The number of aliphatic hydroxyl groups is 1. The lowest BCUT2D eigenvalue weighted by molar-refractivity contribution is -0.109. The standard InChI is InChI=1S/C21H34N4O/c1-13(24-22)21(26)11-8-18-16-5-4-14-12-15(25-23)6-9-19(14,2)17(16)7-10-20(18,21)3/h6,12,16-18,24-26H,1,4-5,7-11,22-23H2,2-3H3/t16-,17-,18-,19-,20+,21-/m0/s1. The first-order valence-corrected chi connectivity index (χ1v) is 10.1. The Morgan fingerprint density at radius 2 is 1.92 bits per heavy atom. The Bertz CT molecular complexity index is 685. The molecule has 144 valence electrons. The van der Waals surface area contributed by atoms with Crippen molar-refractivity contribution in [2.45, 2.75) is 64.4 Å². The van der Waals surface area contributed by atoms with E-state index in [9.17, 15) is 5.11 Å². The monoisotopic (exact) mass is 358 g/mol. The molecule has 3 fully saturated rings. The van der Waals surface area contributed by atoms with Crippen molar-refractivity contribution < 1.29 is 5.11 Å². The molecule has 0 amide bonds. The fraction of sp³-hybridized carbons (Fsp3) is 0.714. The summed E-state index contributed by atoms with van der Waals surface area (Å²) < 4.78 is 0. The Kier molecular flexibility index (Phi) is 4.07. The summed E-state index contributed by atoms with van der Waals surface area (Å²) in [6.07, 6.45) is 12.0. The minimum absolute atomic E-state index is 0.135. The van der Waals surface area contributed by atoms with Gasteiger partial charge in [0.1, 0.15) is 5.60 Å². The van der Waals surface area contributed by atoms with E-state index in [-0.39, 0.29) is 10.8 Å². The summed E-state index contributed by atoms with van der Waals surface area (Å²) in [7, 11) is 0. The molecule has 4 rings (SSSR count). The van der Waals surface area contributed by atoms with Gasteiger partial charge in [-0.25, -0.2) is 0 Å². The highest BCUT2D eigenvalue weighted by Crippen LogP contribution is 2.68. The number of hydrogen-bond acceptors (Lipinski definition) is 5. The largest absolute Gasteiger partial charge is 0.383 e. The van der Waals surface area contributed by atoms with Gasteiger partial charge < -0.3 is 16.0 Å². The second-order valence-corrected chi connectivity index (χ2v) is 9.49. The third-order valence-electron chi connectivity index (χ3n) is 8.80. The van der Waals surface area contributed by atoms with E-state index < -0.39 is 5.60 Å². The predicted octanol–water partition coefficient (Wildman–Crippen LogP) is 2.61. The fourth-order valence-corrected chi connectivity index (χ4v) is 7.15. The number of hydrogen-bond donors (Lipinski definition) is 5. The van der Waals surface area contributed by atoms with Gasteiger partial charge in [0.25, 0.3) is 0 Å². The van der Waals surface area contributed by atoms with Gasteiger partial charge in [-0.2, -0.15) is 0 Å². The molecule has 0 heterocycles. The molecule has 5 heteroatoms. The first-order chi connectivity index (χ1) is 12.3. The highest BCUT2D eigenvalue weighted by Gasteiger charge is 2.64. The Hall–Kier alpha value is -1.30. The molecule has 4 aliphatic carbocycles. The van der Waals surface area contributed by atoms with Crippen LogP contribution in [0, 0.1) is 28.6 Å². The van der Waals surface area contributed by atoms with E-state index in [1.807, 2.05) is 0 Å². The third-order valence-corrected chi connectivity index (χ3v) is 8.80. The van der Waals surface area contributed by atoms with Gasteiger partial charge in [0.2, 0.25) is 0 Å². The molecular weight excluding hydrogens is 324 g/mol. The first-order valence-electron chi connectivity index (χ1n) is 10.1. The summed E-state index contributed by atoms with van der Waals surface area (Å²) >= 11 is 0. The molecule has 0 aromatic carbocycles. The van der Waals surface area contributed by atoms with E-state index >= 15 is 0 Å². The molecule has 0 saturated heterocycles. The average Bonchev–Trinajstić information content (AvgIpc) is 2.92. The second-order valence-electron chi connectivity index (χ2n) is 9.49. The molecule has 0 aliphatic heterocycles. The van der Waals surface area contributed by atoms with Gasteiger partial charge in [0.15, 0.2) is 0 Å². The molecule has 0 radical (unpaired) electrons. The normalized spacial score (nSPS) is 47.0. The van der Waals surface area contributed by atoms with E-state index in [0.29, 0.717) is 23.5 Å². The van der Waals surface area contributed by atoms with Crippen molar-refractivity contribution in [3.8, 4) is 0 Å². The first kappa shape index (κ1) is 18.1. The molecule has 0 spiro atoms. The molecule has 7 N–H and O–H groups in total. The summed E-state index contributed by atoms with van der Waals surface area (Å²) in [5.74, 6) is 13.2. The Morgan fingerprint density at radius 1 is 1.19 bits per heavy atom. The number of nitrogens with one attached hydrogen (secondary N) is 2. The quantitative estimate of drug-likeness (QED) is 0.395. The number of rotatable bonds is 3. The Balaban J connectivity index is 1.65. The topological polar surface area (TPSA) is 96.3 Å². The van der Waals surface area contributed by atoms with Crippen LogP contribution in [0.25, 0.3) is 0 Å². The van der Waals surface area contributed by atoms with Gasteiger partial charge >= 0.3 is 0 Å². The number of allylic oxidation sites excluding steroid dienone is 3. The average molecular weight is 359 g/mol. The summed E-state index contributed by atoms with van der Waals surface area (Å²) in [6.45, 7) is 8.76. The van der Waals surface area contributed by atoms with Crippen LogP contribution in [-0.2, 0) is 0 Å². The van der Waals surface area contributed by atoms with Crippen LogP contribution < -0.4 is 22.5 Å². The minimum atomic E-state index is -0.891. The van der Waals surface area contributed by atoms with Crippen LogP contribution in [0.15, 0.2) is 35.7 Å². The summed E-state index contributed by atoms with van der Waals surface area (Å²) in [4.78, 5) is 0. The number of hydrazine groups is 2. The summed E-state index contributed by atoms with van der Waals surface area (Å²) in [5, 5.41) is 11.5. The maximum absolute atomic E-state index is 11.5. The van der Waals surface area contributed by atoms with Crippen LogP contribution in [-0.4, -0.2) is 10.7 Å². The van der Waals surface area contributed by atoms with E-state index in [1.165, 1.54) is 6.42 Å². The zero-order chi connectivity index (χ0) is 18.7. The van der Waals surface area contributed by atoms with Crippen LogP contribution in [0.5, 0.6) is 0 Å². The van der Waals surface area contributed by atoms with E-state index in [2.05, 4.69) is 43.4 Å². The lowest BCUT2D eigenvalue weighted by atomic mass is 9.46. The number of nitrogens with two attached hydrogens (primary N) is 2. The lowest BCUT2D eigenvalue weighted by Crippen LogP contribution is -2.56. The van der Waals surface area contributed by atoms with Gasteiger partial charge in [-0.1, -0.05) is 32.1 Å². The molecule has 0 unspecified atom stereocenters. The Labute approximate surface area is 156 Å². The molecular formula is C21H34N4O. The molecule has 5 nitrogen and oxygen atoms in total. The minimum Gasteiger partial charge on any atom is -0.383 e. The third kappa shape index (κ3) is 2.14. The number of fused-ring (bicyclic) bond motifs is 5. The maximum atomic E-state index is 11.5. The van der Waals surface area contributed by atoms with Crippen LogP contribution in [0.2, 0.25) is 0 Å². The molecule has 3 saturated carbocycles. The predicted molar refractivity (Wildman–Crippen MR) is 104 cm³/mol. The highest BCUT2D eigenvalue weighted by atomic mass is 16.3. The highest BCUT2D eigenvalue weighted by molar-refractivity contribution is 5.35. The van der Waals surface area contributed by atoms with Crippen molar-refractivity contribution in [1.82, 2.24) is 10.9 Å². The second kappa shape index (κ2) is 5.85. The molecule has 0 aromatic heterocycles. The van der Waals surface area contributed by atoms with Crippen LogP contribution in [0.1, 0.15) is 58.8 Å². The van der Waals surface area contributed by atoms with Crippen LogP contribution >= 0.6 is 0 Å².